The third-order valence-electron chi connectivity index (χ3n) is 14.0. The fourth-order valence-corrected chi connectivity index (χ4v) is 10.8. The molecule has 0 aliphatic heterocycles. The molecule has 0 saturated heterocycles. The third-order valence-corrected chi connectivity index (χ3v) is 14.0. The molecule has 0 radical (unpaired) electrons. The lowest BCUT2D eigenvalue weighted by atomic mass is 9.82. The Hall–Kier alpha value is -7.42. The molecule has 9 aromatic carbocycles. The van der Waals surface area contributed by atoms with Gasteiger partial charge in [-0.3, -0.25) is 0 Å². The molecule has 62 heavy (non-hydrogen) atoms. The van der Waals surface area contributed by atoms with Crippen molar-refractivity contribution < 1.29 is 0 Å². The van der Waals surface area contributed by atoms with Gasteiger partial charge < -0.3 is 9.47 Å². The molecule has 2 aliphatic rings. The van der Waals surface area contributed by atoms with Crippen LogP contribution in [0.25, 0.3) is 72.0 Å². The van der Waals surface area contributed by atoms with E-state index in [9.17, 15) is 0 Å². The van der Waals surface area contributed by atoms with Crippen LogP contribution in [0.3, 0.4) is 0 Å². The Kier molecular flexibility index (Phi) is 7.96. The van der Waals surface area contributed by atoms with Gasteiger partial charge in [-0.05, 0) is 127 Å². The van der Waals surface area contributed by atoms with Gasteiger partial charge in [-0.25, -0.2) is 0 Å². The minimum absolute atomic E-state index is 0.118. The van der Waals surface area contributed by atoms with Gasteiger partial charge in [-0.1, -0.05) is 173 Å². The fraction of sp³-hybridized carbons (Fsp3) is 0.100. The van der Waals surface area contributed by atoms with E-state index in [1.807, 2.05) is 0 Å². The monoisotopic (exact) mass is 794 g/mol. The number of hydrogen-bond acceptors (Lipinski definition) is 1. The highest BCUT2D eigenvalue weighted by atomic mass is 15.1. The first kappa shape index (κ1) is 36.4. The van der Waals surface area contributed by atoms with E-state index < -0.39 is 0 Å². The molecule has 0 atom stereocenters. The van der Waals surface area contributed by atoms with Gasteiger partial charge in [-0.2, -0.15) is 0 Å². The van der Waals surface area contributed by atoms with E-state index in [2.05, 4.69) is 243 Å². The molecule has 0 amide bonds. The van der Waals surface area contributed by atoms with Crippen LogP contribution in [0, 0.1) is 0 Å². The van der Waals surface area contributed by atoms with Crippen molar-refractivity contribution in [2.45, 2.75) is 38.5 Å². The molecule has 10 aromatic rings. The molecule has 12 rings (SSSR count). The number of fused-ring (bicyclic) bond motifs is 9. The van der Waals surface area contributed by atoms with Crippen molar-refractivity contribution in [1.82, 2.24) is 4.57 Å². The minimum Gasteiger partial charge on any atom is -0.310 e. The molecule has 296 valence electrons. The van der Waals surface area contributed by atoms with Crippen molar-refractivity contribution in [3.8, 4) is 50.2 Å². The normalized spacial score (nSPS) is 14.1. The van der Waals surface area contributed by atoms with Gasteiger partial charge in [-0.15, -0.1) is 0 Å². The summed E-state index contributed by atoms with van der Waals surface area (Å²) in [5.41, 5.74) is 22.3. The molecule has 0 fully saturated rings. The second-order valence-corrected chi connectivity index (χ2v) is 18.2. The minimum atomic E-state index is -0.125. The van der Waals surface area contributed by atoms with Crippen LogP contribution in [-0.2, 0) is 10.8 Å². The van der Waals surface area contributed by atoms with Crippen LogP contribution in [0.15, 0.2) is 206 Å². The smallest absolute Gasteiger partial charge is 0.0561 e. The summed E-state index contributed by atoms with van der Waals surface area (Å²) in [5.74, 6) is 0. The Labute approximate surface area is 364 Å². The molecule has 1 heterocycles. The van der Waals surface area contributed by atoms with E-state index in [0.717, 1.165) is 22.7 Å². The molecule has 0 unspecified atom stereocenters. The van der Waals surface area contributed by atoms with Gasteiger partial charge in [0.1, 0.15) is 0 Å². The maximum Gasteiger partial charge on any atom is 0.0561 e. The Balaban J connectivity index is 1.09. The van der Waals surface area contributed by atoms with Crippen LogP contribution in [0.5, 0.6) is 0 Å². The second kappa shape index (κ2) is 13.5. The van der Waals surface area contributed by atoms with Gasteiger partial charge >= 0.3 is 0 Å². The number of anilines is 3. The molecule has 2 heteroatoms. The summed E-state index contributed by atoms with van der Waals surface area (Å²) in [6, 6.07) is 76.5. The number of hydrogen-bond donors (Lipinski definition) is 0. The first-order chi connectivity index (χ1) is 30.3. The topological polar surface area (TPSA) is 8.17 Å². The van der Waals surface area contributed by atoms with Crippen LogP contribution in [0.4, 0.5) is 17.1 Å². The van der Waals surface area contributed by atoms with E-state index in [-0.39, 0.29) is 10.8 Å². The van der Waals surface area contributed by atoms with Crippen molar-refractivity contribution in [3.63, 3.8) is 0 Å². The number of aromatic nitrogens is 1. The Morgan fingerprint density at radius 1 is 0.323 bits per heavy atom. The zero-order chi connectivity index (χ0) is 41.7. The predicted octanol–water partition coefficient (Wildman–Crippen LogP) is 16.2. The summed E-state index contributed by atoms with van der Waals surface area (Å²) in [4.78, 5) is 2.45. The van der Waals surface area contributed by atoms with Crippen LogP contribution in [0.2, 0.25) is 0 Å². The number of benzene rings is 9. The number of rotatable bonds is 6. The summed E-state index contributed by atoms with van der Waals surface area (Å²) in [7, 11) is 0. The summed E-state index contributed by atoms with van der Waals surface area (Å²) >= 11 is 0. The highest BCUT2D eigenvalue weighted by Crippen LogP contribution is 2.53. The lowest BCUT2D eigenvalue weighted by Crippen LogP contribution is -2.16. The Bertz CT molecular complexity index is 3370. The summed E-state index contributed by atoms with van der Waals surface area (Å²) in [5, 5.41) is 2.51. The van der Waals surface area contributed by atoms with Crippen LogP contribution < -0.4 is 4.90 Å². The van der Waals surface area contributed by atoms with Gasteiger partial charge in [0.2, 0.25) is 0 Å². The average Bonchev–Trinajstić information content (AvgIpc) is 3.85. The van der Waals surface area contributed by atoms with Crippen molar-refractivity contribution in [2.75, 3.05) is 4.90 Å². The van der Waals surface area contributed by atoms with Crippen molar-refractivity contribution in [1.29, 1.82) is 0 Å². The van der Waals surface area contributed by atoms with Crippen LogP contribution in [-0.4, -0.2) is 4.57 Å². The summed E-state index contributed by atoms with van der Waals surface area (Å²) in [6.45, 7) is 9.48. The van der Waals surface area contributed by atoms with E-state index in [1.54, 1.807) is 0 Å². The van der Waals surface area contributed by atoms with Crippen molar-refractivity contribution in [3.05, 3.63) is 229 Å². The molecule has 0 spiro atoms. The summed E-state index contributed by atoms with van der Waals surface area (Å²) in [6.07, 6.45) is 0. The third kappa shape index (κ3) is 5.43. The first-order valence-electron chi connectivity index (χ1n) is 21.8. The van der Waals surface area contributed by atoms with Gasteiger partial charge in [0.05, 0.1) is 11.0 Å². The highest BCUT2D eigenvalue weighted by Gasteiger charge is 2.37. The lowest BCUT2D eigenvalue weighted by Gasteiger charge is -2.28. The molecule has 0 bridgehead atoms. The molecule has 2 aliphatic carbocycles. The Morgan fingerprint density at radius 2 is 0.774 bits per heavy atom. The quantitative estimate of drug-likeness (QED) is 0.163. The Morgan fingerprint density at radius 3 is 1.40 bits per heavy atom. The van der Waals surface area contributed by atoms with Gasteiger partial charge in [0.15, 0.2) is 0 Å². The maximum atomic E-state index is 2.50. The standard InChI is InChI=1S/C60H46N2/c1-59(2)53-21-13-11-19-47(53)49-33-31-45(35-55(49)59)61(43-27-23-41(24-28-43)39-15-7-5-8-16-39)46-32-34-50-52-37-51-48-20-12-14-22-54(48)60(3,4)56(51)38-58(52)62(57(50)36-46)44-29-25-42(26-30-44)40-17-9-6-10-18-40/h5-38H,1-4H3. The zero-order valence-electron chi connectivity index (χ0n) is 35.5. The van der Waals surface area contributed by atoms with E-state index >= 15 is 0 Å². The average molecular weight is 795 g/mol. The largest absolute Gasteiger partial charge is 0.310 e. The molecular weight excluding hydrogens is 749 g/mol. The maximum absolute atomic E-state index is 2.50. The summed E-state index contributed by atoms with van der Waals surface area (Å²) < 4.78 is 2.50. The van der Waals surface area contributed by atoms with Crippen LogP contribution in [0.1, 0.15) is 49.9 Å². The first-order valence-corrected chi connectivity index (χ1v) is 21.8. The highest BCUT2D eigenvalue weighted by molar-refractivity contribution is 6.12. The SMILES string of the molecule is CC1(C)c2ccccc2-c2ccc(N(c3ccc(-c4ccccc4)cc3)c3ccc4c5cc6c(cc5n(-c5ccc(-c7ccccc7)cc5)c4c3)C(C)(C)c3ccccc3-6)cc21. The number of nitrogens with zero attached hydrogens (tertiary/aromatic N) is 2. The molecule has 1 aromatic heterocycles. The lowest BCUT2D eigenvalue weighted by molar-refractivity contribution is 0.660. The van der Waals surface area contributed by atoms with Gasteiger partial charge in [0, 0.05) is 44.4 Å². The molecule has 2 nitrogen and oxygen atoms in total. The van der Waals surface area contributed by atoms with E-state index in [0.29, 0.717) is 0 Å². The molecule has 0 N–H and O–H groups in total. The van der Waals surface area contributed by atoms with E-state index in [4.69, 9.17) is 0 Å². The van der Waals surface area contributed by atoms with Crippen LogP contribution >= 0.6 is 0 Å². The molecule has 0 saturated carbocycles. The van der Waals surface area contributed by atoms with Crippen molar-refractivity contribution >= 4 is 38.9 Å². The van der Waals surface area contributed by atoms with E-state index in [1.165, 1.54) is 88.6 Å². The molecular formula is C60H46N2. The zero-order valence-corrected chi connectivity index (χ0v) is 35.5. The predicted molar refractivity (Wildman–Crippen MR) is 261 cm³/mol. The second-order valence-electron chi connectivity index (χ2n) is 18.2. The van der Waals surface area contributed by atoms with Gasteiger partial charge in [0.25, 0.3) is 0 Å². The fourth-order valence-electron chi connectivity index (χ4n) is 10.8. The van der Waals surface area contributed by atoms with Crippen molar-refractivity contribution in [2.24, 2.45) is 0 Å².